The van der Waals surface area contributed by atoms with Crippen LogP contribution < -0.4 is 10.6 Å². The van der Waals surface area contributed by atoms with E-state index in [4.69, 9.17) is 5.11 Å². The van der Waals surface area contributed by atoms with E-state index < -0.39 is 31.1 Å². The van der Waals surface area contributed by atoms with Gasteiger partial charge in [0.15, 0.2) is 5.69 Å². The molecule has 10 heteroatoms. The average molecular weight is 294 g/mol. The van der Waals surface area contributed by atoms with Crippen molar-refractivity contribution < 1.29 is 27.9 Å². The van der Waals surface area contributed by atoms with Gasteiger partial charge < -0.3 is 20.3 Å². The van der Waals surface area contributed by atoms with E-state index in [2.05, 4.69) is 10.3 Å². The molecule has 0 spiro atoms. The lowest BCUT2D eigenvalue weighted by Crippen LogP contribution is -2.39. The van der Waals surface area contributed by atoms with Crippen LogP contribution in [0.5, 0.6) is 0 Å². The fourth-order valence-electron chi connectivity index (χ4n) is 1.30. The average Bonchev–Trinajstić information content (AvgIpc) is 2.76. The predicted octanol–water partition coefficient (Wildman–Crippen LogP) is -0.151. The molecule has 112 valence electrons. The van der Waals surface area contributed by atoms with Crippen LogP contribution in [0.1, 0.15) is 10.5 Å². The predicted molar refractivity (Wildman–Crippen MR) is 61.1 cm³/mol. The summed E-state index contributed by atoms with van der Waals surface area (Å²) in [6.45, 7) is -1.25. The van der Waals surface area contributed by atoms with Gasteiger partial charge in [0.1, 0.15) is 0 Å². The summed E-state index contributed by atoms with van der Waals surface area (Å²) in [5.74, 6) is -1.74. The molecule has 0 aliphatic rings. The Morgan fingerprint density at radius 1 is 1.40 bits per heavy atom. The van der Waals surface area contributed by atoms with Gasteiger partial charge in [0.2, 0.25) is 5.91 Å². The fraction of sp³-hybridized carbons (Fsp3) is 0.500. The molecule has 0 radical (unpaired) electrons. The van der Waals surface area contributed by atoms with Gasteiger partial charge in [-0.05, 0) is 0 Å². The number of aromatic nitrogens is 2. The molecule has 0 unspecified atom stereocenters. The Morgan fingerprint density at radius 3 is 2.65 bits per heavy atom. The molecule has 0 saturated heterocycles. The lowest BCUT2D eigenvalue weighted by Gasteiger charge is -2.09. The number of hydrogen-bond acceptors (Lipinski definition) is 4. The van der Waals surface area contributed by atoms with Gasteiger partial charge >= 0.3 is 12.1 Å². The molecule has 0 fully saturated rings. The van der Waals surface area contributed by atoms with Gasteiger partial charge in [0.25, 0.3) is 0 Å². The van der Waals surface area contributed by atoms with Crippen LogP contribution >= 0.6 is 0 Å². The highest BCUT2D eigenvalue weighted by Gasteiger charge is 2.26. The van der Waals surface area contributed by atoms with Crippen molar-refractivity contribution in [3.8, 4) is 0 Å². The minimum Gasteiger partial charge on any atom is -0.476 e. The van der Waals surface area contributed by atoms with Crippen molar-refractivity contribution in [1.29, 1.82) is 0 Å². The topological polar surface area (TPSA) is 96.3 Å². The first-order valence-corrected chi connectivity index (χ1v) is 5.57. The molecular weight excluding hydrogens is 281 g/mol. The standard InChI is InChI=1S/C10H13F3N4O3/c11-10(12,13)5-14-3-8(18)15-1-2-17-4-7(9(19)20)16-6-17/h4,6,14H,1-3,5H2,(H,15,18)(H,19,20). The number of carbonyl (C=O) groups is 2. The third-order valence-electron chi connectivity index (χ3n) is 2.16. The zero-order valence-electron chi connectivity index (χ0n) is 10.3. The number of halogens is 3. The van der Waals surface area contributed by atoms with Gasteiger partial charge in [0, 0.05) is 19.3 Å². The monoisotopic (exact) mass is 294 g/mol. The second-order valence-corrected chi connectivity index (χ2v) is 3.87. The van der Waals surface area contributed by atoms with Gasteiger partial charge in [0.05, 0.1) is 19.4 Å². The van der Waals surface area contributed by atoms with Crippen LogP contribution in [0, 0.1) is 0 Å². The Bertz CT molecular complexity index is 473. The van der Waals surface area contributed by atoms with E-state index in [9.17, 15) is 22.8 Å². The van der Waals surface area contributed by atoms with E-state index in [1.165, 1.54) is 17.1 Å². The van der Waals surface area contributed by atoms with Crippen molar-refractivity contribution in [3.63, 3.8) is 0 Å². The summed E-state index contributed by atoms with van der Waals surface area (Å²) in [7, 11) is 0. The summed E-state index contributed by atoms with van der Waals surface area (Å²) < 4.78 is 36.8. The Kier molecular flexibility index (Phi) is 5.50. The molecule has 20 heavy (non-hydrogen) atoms. The molecule has 0 atom stereocenters. The molecule has 7 nitrogen and oxygen atoms in total. The zero-order chi connectivity index (χ0) is 15.2. The van der Waals surface area contributed by atoms with Crippen LogP contribution in [-0.4, -0.2) is 52.3 Å². The number of nitrogens with zero attached hydrogens (tertiary/aromatic N) is 2. The van der Waals surface area contributed by atoms with E-state index in [1.54, 1.807) is 0 Å². The van der Waals surface area contributed by atoms with Crippen molar-refractivity contribution in [3.05, 3.63) is 18.2 Å². The number of carbonyl (C=O) groups excluding carboxylic acids is 1. The van der Waals surface area contributed by atoms with E-state index in [0.29, 0.717) is 0 Å². The van der Waals surface area contributed by atoms with Crippen LogP contribution in [0.4, 0.5) is 13.2 Å². The maximum atomic E-state index is 11.8. The highest BCUT2D eigenvalue weighted by Crippen LogP contribution is 2.11. The van der Waals surface area contributed by atoms with Crippen LogP contribution in [0.15, 0.2) is 12.5 Å². The molecule has 1 amide bonds. The number of alkyl halides is 3. The van der Waals surface area contributed by atoms with Gasteiger partial charge in [-0.25, -0.2) is 9.78 Å². The normalized spacial score (nSPS) is 11.3. The Balaban J connectivity index is 2.19. The Morgan fingerprint density at radius 2 is 2.10 bits per heavy atom. The van der Waals surface area contributed by atoms with Crippen molar-refractivity contribution in [2.24, 2.45) is 0 Å². The van der Waals surface area contributed by atoms with E-state index in [0.717, 1.165) is 0 Å². The van der Waals surface area contributed by atoms with Crippen molar-refractivity contribution in [2.75, 3.05) is 19.6 Å². The second-order valence-electron chi connectivity index (χ2n) is 3.87. The van der Waals surface area contributed by atoms with Crippen molar-refractivity contribution >= 4 is 11.9 Å². The molecule has 0 aliphatic carbocycles. The molecule has 1 rings (SSSR count). The van der Waals surface area contributed by atoms with Crippen molar-refractivity contribution in [2.45, 2.75) is 12.7 Å². The smallest absolute Gasteiger partial charge is 0.401 e. The number of imidazole rings is 1. The van der Waals surface area contributed by atoms with Crippen LogP contribution in [0.2, 0.25) is 0 Å². The quantitative estimate of drug-likeness (QED) is 0.650. The largest absolute Gasteiger partial charge is 0.476 e. The highest BCUT2D eigenvalue weighted by atomic mass is 19.4. The number of amides is 1. The van der Waals surface area contributed by atoms with Gasteiger partial charge in [-0.3, -0.25) is 4.79 Å². The zero-order valence-corrected chi connectivity index (χ0v) is 10.3. The lowest BCUT2D eigenvalue weighted by molar-refractivity contribution is -0.128. The number of aromatic carboxylic acids is 1. The molecule has 1 aromatic heterocycles. The minimum absolute atomic E-state index is 0.122. The summed E-state index contributed by atoms with van der Waals surface area (Å²) in [4.78, 5) is 25.3. The molecule has 0 aliphatic heterocycles. The minimum atomic E-state index is -4.36. The van der Waals surface area contributed by atoms with E-state index >= 15 is 0 Å². The molecule has 1 aromatic rings. The number of carboxylic acid groups (broad SMARTS) is 1. The van der Waals surface area contributed by atoms with Crippen molar-refractivity contribution in [1.82, 2.24) is 20.2 Å². The second kappa shape index (κ2) is 6.89. The fourth-order valence-corrected chi connectivity index (χ4v) is 1.30. The van der Waals surface area contributed by atoms with E-state index in [-0.39, 0.29) is 18.8 Å². The van der Waals surface area contributed by atoms with Crippen LogP contribution in [-0.2, 0) is 11.3 Å². The summed E-state index contributed by atoms with van der Waals surface area (Å²) >= 11 is 0. The van der Waals surface area contributed by atoms with Crippen LogP contribution in [0.25, 0.3) is 0 Å². The summed E-state index contributed by atoms with van der Waals surface area (Å²) in [5, 5.41) is 13.0. The SMILES string of the molecule is O=C(CNCC(F)(F)F)NCCn1cnc(C(=O)O)c1. The first-order chi connectivity index (χ1) is 9.28. The maximum Gasteiger partial charge on any atom is 0.401 e. The molecular formula is C10H13F3N4O3. The third kappa shape index (κ3) is 6.18. The molecule has 3 N–H and O–H groups in total. The third-order valence-corrected chi connectivity index (χ3v) is 2.16. The van der Waals surface area contributed by atoms with Crippen LogP contribution in [0.3, 0.4) is 0 Å². The highest BCUT2D eigenvalue weighted by molar-refractivity contribution is 5.84. The van der Waals surface area contributed by atoms with Gasteiger partial charge in [-0.2, -0.15) is 13.2 Å². The first-order valence-electron chi connectivity index (χ1n) is 5.57. The Hall–Kier alpha value is -2.10. The summed E-state index contributed by atoms with van der Waals surface area (Å²) in [6, 6.07) is 0. The summed E-state index contributed by atoms with van der Waals surface area (Å²) in [6.07, 6.45) is -1.78. The molecule has 0 aromatic carbocycles. The number of rotatable bonds is 7. The molecule has 1 heterocycles. The van der Waals surface area contributed by atoms with Gasteiger partial charge in [-0.1, -0.05) is 0 Å². The molecule has 0 bridgehead atoms. The first kappa shape index (κ1) is 16.0. The Labute approximate surface area is 111 Å². The van der Waals surface area contributed by atoms with E-state index in [1.807, 2.05) is 5.32 Å². The maximum absolute atomic E-state index is 11.8. The summed E-state index contributed by atoms with van der Waals surface area (Å²) in [5.41, 5.74) is -0.122. The van der Waals surface area contributed by atoms with Gasteiger partial charge in [-0.15, -0.1) is 0 Å². The molecule has 0 saturated carbocycles. The number of carboxylic acids is 1. The lowest BCUT2D eigenvalue weighted by atomic mass is 10.5. The number of nitrogens with one attached hydrogen (secondary N) is 2. The number of hydrogen-bond donors (Lipinski definition) is 3.